The maximum atomic E-state index is 11.5. The lowest BCUT2D eigenvalue weighted by Gasteiger charge is -2.39. The smallest absolute Gasteiger partial charge is 0.306 e. The van der Waals surface area contributed by atoms with Crippen LogP contribution in [-0.4, -0.2) is 18.2 Å². The van der Waals surface area contributed by atoms with Crippen LogP contribution >= 0.6 is 15.9 Å². The van der Waals surface area contributed by atoms with Gasteiger partial charge in [0.05, 0.1) is 13.0 Å². The molecule has 4 heteroatoms. The van der Waals surface area contributed by atoms with Crippen molar-refractivity contribution >= 4 is 21.9 Å². The molecule has 0 amide bonds. The summed E-state index contributed by atoms with van der Waals surface area (Å²) in [6.07, 6.45) is 3.45. The van der Waals surface area contributed by atoms with Gasteiger partial charge in [0.2, 0.25) is 0 Å². The predicted octanol–water partition coefficient (Wildman–Crippen LogP) is 4.53. The highest BCUT2D eigenvalue weighted by Crippen LogP contribution is 2.44. The Morgan fingerprint density at radius 3 is 2.81 bits per heavy atom. The highest BCUT2D eigenvalue weighted by Gasteiger charge is 2.38. The number of hydrogen-bond acceptors (Lipinski definition) is 2. The lowest BCUT2D eigenvalue weighted by atomic mass is 9.65. The Morgan fingerprint density at radius 1 is 1.48 bits per heavy atom. The van der Waals surface area contributed by atoms with Crippen molar-refractivity contribution in [1.82, 2.24) is 0 Å². The van der Waals surface area contributed by atoms with Gasteiger partial charge in [-0.25, -0.2) is 0 Å². The number of carboxylic acid groups (broad SMARTS) is 1. The number of benzene rings is 1. The van der Waals surface area contributed by atoms with E-state index in [0.717, 1.165) is 41.5 Å². The Hall–Kier alpha value is -1.03. The molecular formula is C17H23BrO3. The molecule has 0 saturated heterocycles. The van der Waals surface area contributed by atoms with E-state index in [9.17, 15) is 9.90 Å². The summed E-state index contributed by atoms with van der Waals surface area (Å²) in [6.45, 7) is 4.46. The molecule has 1 saturated carbocycles. The highest BCUT2D eigenvalue weighted by atomic mass is 79.9. The second-order valence-electron chi connectivity index (χ2n) is 6.77. The van der Waals surface area contributed by atoms with Gasteiger partial charge in [-0.3, -0.25) is 4.79 Å². The number of aliphatic carboxylic acids is 1. The molecule has 1 N–H and O–H groups in total. The van der Waals surface area contributed by atoms with E-state index in [1.54, 1.807) is 7.11 Å². The number of halogens is 1. The molecule has 3 nitrogen and oxygen atoms in total. The number of carboxylic acids is 1. The first-order chi connectivity index (χ1) is 9.82. The normalized spacial score (nSPS) is 24.6. The fraction of sp³-hybridized carbons (Fsp3) is 0.588. The van der Waals surface area contributed by atoms with Gasteiger partial charge in [-0.2, -0.15) is 0 Å². The van der Waals surface area contributed by atoms with Gasteiger partial charge in [0.1, 0.15) is 5.75 Å². The van der Waals surface area contributed by atoms with E-state index in [0.29, 0.717) is 0 Å². The first kappa shape index (κ1) is 16.3. The summed E-state index contributed by atoms with van der Waals surface area (Å²) in [4.78, 5) is 11.5. The van der Waals surface area contributed by atoms with E-state index >= 15 is 0 Å². The van der Waals surface area contributed by atoms with Crippen LogP contribution in [0.3, 0.4) is 0 Å². The first-order valence-corrected chi connectivity index (χ1v) is 8.17. The fourth-order valence-corrected chi connectivity index (χ4v) is 3.87. The molecule has 0 spiro atoms. The van der Waals surface area contributed by atoms with E-state index < -0.39 is 5.97 Å². The summed E-state index contributed by atoms with van der Waals surface area (Å²) in [5.41, 5.74) is 1.30. The molecule has 1 aliphatic rings. The van der Waals surface area contributed by atoms with Crippen molar-refractivity contribution < 1.29 is 14.6 Å². The van der Waals surface area contributed by atoms with Gasteiger partial charge in [0.25, 0.3) is 0 Å². The van der Waals surface area contributed by atoms with Crippen LogP contribution in [0.25, 0.3) is 0 Å². The molecule has 0 heterocycles. The first-order valence-electron chi connectivity index (χ1n) is 7.37. The molecule has 21 heavy (non-hydrogen) atoms. The topological polar surface area (TPSA) is 46.5 Å². The van der Waals surface area contributed by atoms with Crippen molar-refractivity contribution in [3.8, 4) is 5.75 Å². The third-order valence-electron chi connectivity index (χ3n) is 4.56. The average molecular weight is 355 g/mol. The van der Waals surface area contributed by atoms with E-state index in [-0.39, 0.29) is 17.3 Å². The molecule has 0 bridgehead atoms. The standard InChI is InChI=1S/C17H23BrO3/c1-17(2)7-6-14(16(19)20)12(10-17)8-11-9-13(18)4-5-15(11)21-3/h4-5,9,12,14H,6-8,10H2,1-3H3,(H,19,20). The van der Waals surface area contributed by atoms with Crippen molar-refractivity contribution in [2.24, 2.45) is 17.3 Å². The lowest BCUT2D eigenvalue weighted by molar-refractivity contribution is -0.146. The molecule has 0 aromatic heterocycles. The highest BCUT2D eigenvalue weighted by molar-refractivity contribution is 9.10. The van der Waals surface area contributed by atoms with Crippen LogP contribution in [0.1, 0.15) is 38.7 Å². The number of carbonyl (C=O) groups is 1. The van der Waals surface area contributed by atoms with Crippen LogP contribution in [-0.2, 0) is 11.2 Å². The van der Waals surface area contributed by atoms with Crippen LogP contribution in [0.4, 0.5) is 0 Å². The van der Waals surface area contributed by atoms with Crippen LogP contribution in [0.2, 0.25) is 0 Å². The van der Waals surface area contributed by atoms with Gasteiger partial charge in [-0.1, -0.05) is 29.8 Å². The van der Waals surface area contributed by atoms with Gasteiger partial charge in [-0.05, 0) is 60.8 Å². The van der Waals surface area contributed by atoms with Crippen molar-refractivity contribution in [2.45, 2.75) is 39.5 Å². The minimum absolute atomic E-state index is 0.162. The number of hydrogen-bond donors (Lipinski definition) is 1. The molecule has 116 valence electrons. The van der Waals surface area contributed by atoms with Crippen LogP contribution in [0.5, 0.6) is 5.75 Å². The summed E-state index contributed by atoms with van der Waals surface area (Å²) < 4.78 is 6.42. The van der Waals surface area contributed by atoms with Crippen LogP contribution in [0, 0.1) is 17.3 Å². The molecule has 0 aliphatic heterocycles. The second kappa shape index (κ2) is 6.39. The summed E-state index contributed by atoms with van der Waals surface area (Å²) in [5.74, 6) is 0.0892. The summed E-state index contributed by atoms with van der Waals surface area (Å²) in [6, 6.07) is 5.92. The molecular weight excluding hydrogens is 332 g/mol. The summed E-state index contributed by atoms with van der Waals surface area (Å²) >= 11 is 3.48. The van der Waals surface area contributed by atoms with Gasteiger partial charge < -0.3 is 9.84 Å². The minimum Gasteiger partial charge on any atom is -0.496 e. The Labute approximate surface area is 134 Å². The summed E-state index contributed by atoms with van der Waals surface area (Å²) in [5, 5.41) is 9.50. The lowest BCUT2D eigenvalue weighted by Crippen LogP contribution is -2.35. The SMILES string of the molecule is COc1ccc(Br)cc1CC1CC(C)(C)CCC1C(=O)O. The quantitative estimate of drug-likeness (QED) is 0.863. The van der Waals surface area contributed by atoms with Crippen molar-refractivity contribution in [3.05, 3.63) is 28.2 Å². The van der Waals surface area contributed by atoms with Gasteiger partial charge in [-0.15, -0.1) is 0 Å². The average Bonchev–Trinajstić information content (AvgIpc) is 2.37. The zero-order chi connectivity index (χ0) is 15.6. The van der Waals surface area contributed by atoms with Gasteiger partial charge >= 0.3 is 5.97 Å². The molecule has 1 aromatic rings. The van der Waals surface area contributed by atoms with Crippen LogP contribution in [0.15, 0.2) is 22.7 Å². The third-order valence-corrected chi connectivity index (χ3v) is 5.05. The van der Waals surface area contributed by atoms with E-state index in [4.69, 9.17) is 4.74 Å². The molecule has 2 unspecified atom stereocenters. The van der Waals surface area contributed by atoms with E-state index in [1.807, 2.05) is 18.2 Å². The Balaban J connectivity index is 2.25. The maximum Gasteiger partial charge on any atom is 0.306 e. The summed E-state index contributed by atoms with van der Waals surface area (Å²) in [7, 11) is 1.66. The van der Waals surface area contributed by atoms with E-state index in [2.05, 4.69) is 29.8 Å². The number of ether oxygens (including phenoxy) is 1. The maximum absolute atomic E-state index is 11.5. The Morgan fingerprint density at radius 2 is 2.19 bits per heavy atom. The van der Waals surface area contributed by atoms with Gasteiger partial charge in [0, 0.05) is 4.47 Å². The van der Waals surface area contributed by atoms with Crippen molar-refractivity contribution in [2.75, 3.05) is 7.11 Å². The molecule has 2 rings (SSSR count). The number of methoxy groups -OCH3 is 1. The third kappa shape index (κ3) is 4.00. The molecule has 1 fully saturated rings. The minimum atomic E-state index is -0.663. The van der Waals surface area contributed by atoms with Crippen molar-refractivity contribution in [3.63, 3.8) is 0 Å². The van der Waals surface area contributed by atoms with Gasteiger partial charge in [0.15, 0.2) is 0 Å². The van der Waals surface area contributed by atoms with E-state index in [1.165, 1.54) is 0 Å². The zero-order valence-electron chi connectivity index (χ0n) is 12.9. The Kier molecular flexibility index (Phi) is 4.97. The fourth-order valence-electron chi connectivity index (χ4n) is 3.46. The molecule has 1 aromatic carbocycles. The van der Waals surface area contributed by atoms with Crippen LogP contribution < -0.4 is 4.74 Å². The van der Waals surface area contributed by atoms with Crippen molar-refractivity contribution in [1.29, 1.82) is 0 Å². The monoisotopic (exact) mass is 354 g/mol. The molecule has 1 aliphatic carbocycles. The second-order valence-corrected chi connectivity index (χ2v) is 7.69. The molecule has 0 radical (unpaired) electrons. The predicted molar refractivity (Wildman–Crippen MR) is 86.6 cm³/mol. The number of rotatable bonds is 4. The molecule has 2 atom stereocenters. The Bertz CT molecular complexity index is 525. The zero-order valence-corrected chi connectivity index (χ0v) is 14.4. The largest absolute Gasteiger partial charge is 0.496 e.